The molecule has 1 atom stereocenters. The Morgan fingerprint density at radius 3 is 2.71 bits per heavy atom. The molecule has 1 saturated carbocycles. The summed E-state index contributed by atoms with van der Waals surface area (Å²) in [6.45, 7) is 1.54. The van der Waals surface area contributed by atoms with E-state index in [1.165, 1.54) is 19.3 Å². The molecular weight excluding hydrogens is 182 g/mol. The van der Waals surface area contributed by atoms with Gasteiger partial charge in [-0.1, -0.05) is 19.3 Å². The fourth-order valence-corrected chi connectivity index (χ4v) is 1.67. The number of alkyl carbamates (subject to hydrolysis) is 1. The monoisotopic (exact) mass is 201 g/mol. The molecule has 0 bridgehead atoms. The fourth-order valence-electron chi connectivity index (χ4n) is 1.67. The Kier molecular flexibility index (Phi) is 4.73. The fraction of sp³-hybridized carbons (Fsp3) is 0.900. The van der Waals surface area contributed by atoms with Crippen molar-refractivity contribution in [2.75, 3.05) is 6.61 Å². The lowest BCUT2D eigenvalue weighted by Gasteiger charge is -2.23. The van der Waals surface area contributed by atoms with Gasteiger partial charge in [-0.05, 0) is 19.8 Å². The minimum atomic E-state index is -0.418. The van der Waals surface area contributed by atoms with Crippen LogP contribution in [0.2, 0.25) is 0 Å². The van der Waals surface area contributed by atoms with Crippen LogP contribution in [0, 0.1) is 0 Å². The molecule has 1 amide bonds. The third kappa shape index (κ3) is 3.96. The lowest BCUT2D eigenvalue weighted by Crippen LogP contribution is -2.38. The number of rotatable bonds is 3. The van der Waals surface area contributed by atoms with Gasteiger partial charge in [-0.2, -0.15) is 0 Å². The van der Waals surface area contributed by atoms with Crippen LogP contribution in [0.3, 0.4) is 0 Å². The van der Waals surface area contributed by atoms with Gasteiger partial charge in [0.15, 0.2) is 0 Å². The average Bonchev–Trinajstić information content (AvgIpc) is 2.19. The molecule has 1 rings (SSSR count). The summed E-state index contributed by atoms with van der Waals surface area (Å²) in [5.74, 6) is 0. The summed E-state index contributed by atoms with van der Waals surface area (Å²) in [5.41, 5.74) is 0. The first-order chi connectivity index (χ1) is 6.72. The second kappa shape index (κ2) is 5.86. The van der Waals surface area contributed by atoms with E-state index in [-0.39, 0.29) is 12.6 Å². The standard InChI is InChI=1S/C10H19NO3/c1-8(7-12)14-10(13)11-9-5-3-2-4-6-9/h8-9,12H,2-7H2,1H3,(H,11,13). The largest absolute Gasteiger partial charge is 0.444 e. The smallest absolute Gasteiger partial charge is 0.407 e. The molecule has 1 aliphatic rings. The van der Waals surface area contributed by atoms with E-state index in [0.717, 1.165) is 12.8 Å². The molecule has 4 nitrogen and oxygen atoms in total. The Bertz CT molecular complexity index is 178. The number of hydrogen-bond acceptors (Lipinski definition) is 3. The quantitative estimate of drug-likeness (QED) is 0.726. The maximum atomic E-state index is 11.2. The normalized spacial score (nSPS) is 20.1. The third-order valence-corrected chi connectivity index (χ3v) is 2.49. The molecule has 0 aromatic rings. The van der Waals surface area contributed by atoms with E-state index in [9.17, 15) is 4.79 Å². The van der Waals surface area contributed by atoms with Gasteiger partial charge in [0.1, 0.15) is 6.10 Å². The van der Waals surface area contributed by atoms with Crippen LogP contribution in [0.1, 0.15) is 39.0 Å². The van der Waals surface area contributed by atoms with E-state index in [4.69, 9.17) is 9.84 Å². The van der Waals surface area contributed by atoms with Crippen molar-refractivity contribution in [2.45, 2.75) is 51.2 Å². The van der Waals surface area contributed by atoms with Gasteiger partial charge in [0, 0.05) is 6.04 Å². The van der Waals surface area contributed by atoms with Gasteiger partial charge in [-0.25, -0.2) is 4.79 Å². The van der Waals surface area contributed by atoms with E-state index in [2.05, 4.69) is 5.32 Å². The Labute approximate surface area is 84.6 Å². The van der Waals surface area contributed by atoms with Crippen molar-refractivity contribution in [1.29, 1.82) is 0 Å². The molecule has 1 aliphatic carbocycles. The highest BCUT2D eigenvalue weighted by molar-refractivity contribution is 5.67. The van der Waals surface area contributed by atoms with Crippen molar-refractivity contribution in [1.82, 2.24) is 5.32 Å². The van der Waals surface area contributed by atoms with Gasteiger partial charge in [0.25, 0.3) is 0 Å². The van der Waals surface area contributed by atoms with Gasteiger partial charge in [0.2, 0.25) is 0 Å². The minimum absolute atomic E-state index is 0.127. The molecule has 0 aromatic carbocycles. The number of aliphatic hydroxyl groups is 1. The minimum Gasteiger partial charge on any atom is -0.444 e. The van der Waals surface area contributed by atoms with Gasteiger partial charge in [0.05, 0.1) is 6.61 Å². The molecule has 0 spiro atoms. The van der Waals surface area contributed by atoms with Gasteiger partial charge in [-0.15, -0.1) is 0 Å². The Morgan fingerprint density at radius 1 is 1.50 bits per heavy atom. The third-order valence-electron chi connectivity index (χ3n) is 2.49. The maximum Gasteiger partial charge on any atom is 0.407 e. The predicted octanol–water partition coefficient (Wildman–Crippen LogP) is 1.43. The molecule has 4 heteroatoms. The molecule has 14 heavy (non-hydrogen) atoms. The van der Waals surface area contributed by atoms with Crippen LogP contribution in [0.15, 0.2) is 0 Å². The molecule has 0 aromatic heterocycles. The lowest BCUT2D eigenvalue weighted by molar-refractivity contribution is 0.0649. The average molecular weight is 201 g/mol. The van der Waals surface area contributed by atoms with Crippen LogP contribution in [0.5, 0.6) is 0 Å². The van der Waals surface area contributed by atoms with Crippen LogP contribution in [0.25, 0.3) is 0 Å². The summed E-state index contributed by atoms with van der Waals surface area (Å²) in [7, 11) is 0. The highest BCUT2D eigenvalue weighted by Crippen LogP contribution is 2.17. The summed E-state index contributed by atoms with van der Waals surface area (Å²) in [4.78, 5) is 11.2. The number of carbonyl (C=O) groups excluding carboxylic acids is 1. The zero-order valence-electron chi connectivity index (χ0n) is 8.66. The molecule has 1 fully saturated rings. The molecule has 0 aliphatic heterocycles. The van der Waals surface area contributed by atoms with Crippen molar-refractivity contribution in [3.8, 4) is 0 Å². The summed E-state index contributed by atoms with van der Waals surface area (Å²) in [6.07, 6.45) is 4.89. The highest BCUT2D eigenvalue weighted by atomic mass is 16.6. The van der Waals surface area contributed by atoms with Crippen molar-refractivity contribution in [3.63, 3.8) is 0 Å². The number of amides is 1. The predicted molar refractivity (Wildman–Crippen MR) is 53.0 cm³/mol. The van der Waals surface area contributed by atoms with E-state index >= 15 is 0 Å². The first kappa shape index (κ1) is 11.3. The van der Waals surface area contributed by atoms with Crippen LogP contribution in [-0.2, 0) is 4.74 Å². The second-order valence-electron chi connectivity index (χ2n) is 3.88. The molecular formula is C10H19NO3. The summed E-state index contributed by atoms with van der Waals surface area (Å²) >= 11 is 0. The Hall–Kier alpha value is -0.770. The number of nitrogens with one attached hydrogen (secondary N) is 1. The molecule has 0 saturated heterocycles. The zero-order chi connectivity index (χ0) is 10.4. The second-order valence-corrected chi connectivity index (χ2v) is 3.88. The number of carbonyl (C=O) groups is 1. The Balaban J connectivity index is 2.18. The van der Waals surface area contributed by atoms with Crippen LogP contribution in [-0.4, -0.2) is 30.0 Å². The highest BCUT2D eigenvalue weighted by Gasteiger charge is 2.17. The zero-order valence-corrected chi connectivity index (χ0v) is 8.66. The van der Waals surface area contributed by atoms with E-state index in [1.54, 1.807) is 6.92 Å². The first-order valence-corrected chi connectivity index (χ1v) is 5.30. The SMILES string of the molecule is CC(CO)OC(=O)NC1CCCCC1. The van der Waals surface area contributed by atoms with Gasteiger partial charge in [-0.3, -0.25) is 0 Å². The lowest BCUT2D eigenvalue weighted by atomic mass is 9.96. The van der Waals surface area contributed by atoms with Crippen molar-refractivity contribution in [2.24, 2.45) is 0 Å². The first-order valence-electron chi connectivity index (χ1n) is 5.30. The molecule has 2 N–H and O–H groups in total. The molecule has 82 valence electrons. The topological polar surface area (TPSA) is 58.6 Å². The Morgan fingerprint density at radius 2 is 2.14 bits per heavy atom. The van der Waals surface area contributed by atoms with Gasteiger partial charge >= 0.3 is 6.09 Å². The molecule has 0 heterocycles. The van der Waals surface area contributed by atoms with E-state index in [1.807, 2.05) is 0 Å². The maximum absolute atomic E-state index is 11.2. The molecule has 0 radical (unpaired) electrons. The van der Waals surface area contributed by atoms with Crippen LogP contribution < -0.4 is 5.32 Å². The molecule has 1 unspecified atom stereocenters. The van der Waals surface area contributed by atoms with Crippen LogP contribution >= 0.6 is 0 Å². The number of aliphatic hydroxyl groups excluding tert-OH is 1. The summed E-state index contributed by atoms with van der Waals surface area (Å²) in [5, 5.41) is 11.5. The van der Waals surface area contributed by atoms with Crippen molar-refractivity contribution < 1.29 is 14.6 Å². The van der Waals surface area contributed by atoms with Gasteiger partial charge < -0.3 is 15.2 Å². The van der Waals surface area contributed by atoms with Crippen molar-refractivity contribution >= 4 is 6.09 Å². The summed E-state index contributed by atoms with van der Waals surface area (Å²) in [6, 6.07) is 0.266. The van der Waals surface area contributed by atoms with Crippen molar-refractivity contribution in [3.05, 3.63) is 0 Å². The number of hydrogen-bond donors (Lipinski definition) is 2. The van der Waals surface area contributed by atoms with E-state index in [0.29, 0.717) is 0 Å². The summed E-state index contributed by atoms with van der Waals surface area (Å²) < 4.78 is 4.90. The number of ether oxygens (including phenoxy) is 1. The van der Waals surface area contributed by atoms with Crippen LogP contribution in [0.4, 0.5) is 4.79 Å². The van der Waals surface area contributed by atoms with E-state index < -0.39 is 12.2 Å².